The number of rotatable bonds is 5. The Morgan fingerprint density at radius 2 is 2.10 bits per heavy atom. The van der Waals surface area contributed by atoms with E-state index in [9.17, 15) is 0 Å². The summed E-state index contributed by atoms with van der Waals surface area (Å²) in [6.45, 7) is 8.93. The normalized spacial score (nSPS) is 11.7. The minimum Gasteiger partial charge on any atom is -0.483 e. The van der Waals surface area contributed by atoms with Gasteiger partial charge in [-0.05, 0) is 39.8 Å². The lowest BCUT2D eigenvalue weighted by molar-refractivity contribution is 0.240. The molecule has 2 rings (SSSR count). The van der Waals surface area contributed by atoms with Gasteiger partial charge in [-0.2, -0.15) is 4.98 Å². The summed E-state index contributed by atoms with van der Waals surface area (Å²) in [4.78, 5) is 4.11. The first-order valence-corrected chi connectivity index (χ1v) is 7.17. The van der Waals surface area contributed by atoms with Gasteiger partial charge in [0.25, 0.3) is 5.89 Å². The minimum atomic E-state index is 0.0000389. The van der Waals surface area contributed by atoms with Crippen LogP contribution in [0.4, 0.5) is 0 Å². The van der Waals surface area contributed by atoms with E-state index >= 15 is 0 Å². The minimum absolute atomic E-state index is 0.0000389. The SMILES string of the molecule is Cc1noc(COc2cccc(Cl)c2CNC(C)(C)C)n1. The van der Waals surface area contributed by atoms with E-state index in [2.05, 4.69) is 36.2 Å². The molecule has 0 atom stereocenters. The molecule has 0 aliphatic heterocycles. The molecule has 1 aromatic carbocycles. The first kappa shape index (κ1) is 15.8. The van der Waals surface area contributed by atoms with E-state index in [0.717, 1.165) is 11.3 Å². The van der Waals surface area contributed by atoms with Crippen LogP contribution in [0, 0.1) is 6.92 Å². The van der Waals surface area contributed by atoms with E-state index in [1.54, 1.807) is 6.92 Å². The van der Waals surface area contributed by atoms with Gasteiger partial charge in [0.2, 0.25) is 0 Å². The average Bonchev–Trinajstić information content (AvgIpc) is 2.80. The molecule has 114 valence electrons. The monoisotopic (exact) mass is 309 g/mol. The average molecular weight is 310 g/mol. The zero-order chi connectivity index (χ0) is 15.5. The van der Waals surface area contributed by atoms with Crippen molar-refractivity contribution in [2.45, 2.75) is 46.4 Å². The van der Waals surface area contributed by atoms with Gasteiger partial charge >= 0.3 is 0 Å². The number of benzene rings is 1. The molecule has 0 bridgehead atoms. The van der Waals surface area contributed by atoms with Crippen LogP contribution in [-0.4, -0.2) is 15.7 Å². The summed E-state index contributed by atoms with van der Waals surface area (Å²) < 4.78 is 10.8. The van der Waals surface area contributed by atoms with Crippen LogP contribution in [-0.2, 0) is 13.2 Å². The molecule has 0 amide bonds. The number of hydrogen-bond acceptors (Lipinski definition) is 5. The Hall–Kier alpha value is -1.59. The number of halogens is 1. The zero-order valence-electron chi connectivity index (χ0n) is 12.7. The fourth-order valence-corrected chi connectivity index (χ4v) is 1.97. The lowest BCUT2D eigenvalue weighted by Crippen LogP contribution is -2.35. The van der Waals surface area contributed by atoms with Crippen LogP contribution < -0.4 is 10.1 Å². The number of ether oxygens (including phenoxy) is 1. The first-order valence-electron chi connectivity index (χ1n) is 6.79. The summed E-state index contributed by atoms with van der Waals surface area (Å²) in [5, 5.41) is 7.81. The van der Waals surface area contributed by atoms with Crippen LogP contribution in [0.2, 0.25) is 5.02 Å². The van der Waals surface area contributed by atoms with Gasteiger partial charge in [0.15, 0.2) is 12.4 Å². The molecule has 1 aromatic heterocycles. The highest BCUT2D eigenvalue weighted by molar-refractivity contribution is 6.31. The van der Waals surface area contributed by atoms with E-state index in [1.165, 1.54) is 0 Å². The Morgan fingerprint density at radius 1 is 1.33 bits per heavy atom. The van der Waals surface area contributed by atoms with Crippen LogP contribution in [0.25, 0.3) is 0 Å². The van der Waals surface area contributed by atoms with Crippen molar-refractivity contribution in [2.24, 2.45) is 0 Å². The largest absolute Gasteiger partial charge is 0.483 e. The molecule has 2 aromatic rings. The second kappa shape index (κ2) is 6.45. The number of nitrogens with one attached hydrogen (secondary N) is 1. The Labute approximate surface area is 129 Å². The van der Waals surface area contributed by atoms with Crippen LogP contribution in [0.3, 0.4) is 0 Å². The van der Waals surface area contributed by atoms with Gasteiger partial charge < -0.3 is 14.6 Å². The molecule has 0 fully saturated rings. The van der Waals surface area contributed by atoms with E-state index in [-0.39, 0.29) is 12.1 Å². The summed E-state index contributed by atoms with van der Waals surface area (Å²) >= 11 is 6.27. The molecule has 5 nitrogen and oxygen atoms in total. The molecule has 0 aliphatic rings. The smallest absolute Gasteiger partial charge is 0.264 e. The number of aromatic nitrogens is 2. The maximum absolute atomic E-state index is 6.27. The Morgan fingerprint density at radius 3 is 2.71 bits per heavy atom. The van der Waals surface area contributed by atoms with Crippen molar-refractivity contribution in [3.05, 3.63) is 40.5 Å². The first-order chi connectivity index (χ1) is 9.85. The van der Waals surface area contributed by atoms with Crippen LogP contribution in [0.15, 0.2) is 22.7 Å². The molecule has 1 heterocycles. The molecular formula is C15H20ClN3O2. The topological polar surface area (TPSA) is 60.2 Å². The molecule has 0 unspecified atom stereocenters. The van der Waals surface area contributed by atoms with Gasteiger partial charge in [-0.25, -0.2) is 0 Å². The predicted molar refractivity (Wildman–Crippen MR) is 81.4 cm³/mol. The molecule has 0 saturated carbocycles. The highest BCUT2D eigenvalue weighted by atomic mass is 35.5. The molecule has 0 aliphatic carbocycles. The third-order valence-electron chi connectivity index (χ3n) is 2.79. The second-order valence-electron chi connectivity index (χ2n) is 5.84. The van der Waals surface area contributed by atoms with Crippen molar-refractivity contribution in [1.82, 2.24) is 15.5 Å². The Bertz CT molecular complexity index is 605. The fraction of sp³-hybridized carbons (Fsp3) is 0.467. The molecule has 0 saturated heterocycles. The molecule has 21 heavy (non-hydrogen) atoms. The zero-order valence-corrected chi connectivity index (χ0v) is 13.5. The summed E-state index contributed by atoms with van der Waals surface area (Å²) in [5.41, 5.74) is 0.922. The molecule has 0 spiro atoms. The van der Waals surface area contributed by atoms with Crippen LogP contribution in [0.5, 0.6) is 5.75 Å². The summed E-state index contributed by atoms with van der Waals surface area (Å²) in [7, 11) is 0. The maximum atomic E-state index is 6.27. The molecule has 6 heteroatoms. The lowest BCUT2D eigenvalue weighted by atomic mass is 10.1. The molecule has 1 N–H and O–H groups in total. The van der Waals surface area contributed by atoms with Gasteiger partial charge in [0.1, 0.15) is 5.75 Å². The Kier molecular flexibility index (Phi) is 4.85. The predicted octanol–water partition coefficient (Wildman–Crippen LogP) is 3.50. The van der Waals surface area contributed by atoms with Crippen molar-refractivity contribution in [2.75, 3.05) is 0 Å². The summed E-state index contributed by atoms with van der Waals surface area (Å²) in [6, 6.07) is 5.59. The summed E-state index contributed by atoms with van der Waals surface area (Å²) in [5.74, 6) is 1.76. The van der Waals surface area contributed by atoms with Crippen molar-refractivity contribution in [3.8, 4) is 5.75 Å². The Balaban J connectivity index is 2.09. The fourth-order valence-electron chi connectivity index (χ4n) is 1.74. The molecular weight excluding hydrogens is 290 g/mol. The lowest BCUT2D eigenvalue weighted by Gasteiger charge is -2.22. The van der Waals surface area contributed by atoms with Crippen LogP contribution >= 0.6 is 11.6 Å². The van der Waals surface area contributed by atoms with Crippen molar-refractivity contribution >= 4 is 11.6 Å². The van der Waals surface area contributed by atoms with E-state index in [1.807, 2.05) is 18.2 Å². The van der Waals surface area contributed by atoms with Gasteiger partial charge in [-0.15, -0.1) is 0 Å². The van der Waals surface area contributed by atoms with Gasteiger partial charge in [0.05, 0.1) is 0 Å². The number of nitrogens with zero attached hydrogens (tertiary/aromatic N) is 2. The standard InChI is InChI=1S/C15H20ClN3O2/c1-10-18-14(21-19-10)9-20-13-7-5-6-12(16)11(13)8-17-15(2,3)4/h5-7,17H,8-9H2,1-4H3. The number of aryl methyl sites for hydroxylation is 1. The van der Waals surface area contributed by atoms with Gasteiger partial charge in [-0.3, -0.25) is 0 Å². The third-order valence-corrected chi connectivity index (χ3v) is 3.15. The van der Waals surface area contributed by atoms with Crippen molar-refractivity contribution in [1.29, 1.82) is 0 Å². The van der Waals surface area contributed by atoms with E-state index in [0.29, 0.717) is 23.3 Å². The van der Waals surface area contributed by atoms with E-state index in [4.69, 9.17) is 20.9 Å². The summed E-state index contributed by atoms with van der Waals surface area (Å²) in [6.07, 6.45) is 0. The van der Waals surface area contributed by atoms with Crippen LogP contribution in [0.1, 0.15) is 38.0 Å². The molecule has 0 radical (unpaired) electrons. The maximum Gasteiger partial charge on any atom is 0.264 e. The highest BCUT2D eigenvalue weighted by Crippen LogP contribution is 2.27. The highest BCUT2D eigenvalue weighted by Gasteiger charge is 2.14. The quantitative estimate of drug-likeness (QED) is 0.916. The van der Waals surface area contributed by atoms with Gasteiger partial charge in [-0.1, -0.05) is 22.8 Å². The van der Waals surface area contributed by atoms with E-state index < -0.39 is 0 Å². The number of hydrogen-bond donors (Lipinski definition) is 1. The second-order valence-corrected chi connectivity index (χ2v) is 6.25. The van der Waals surface area contributed by atoms with Crippen molar-refractivity contribution in [3.63, 3.8) is 0 Å². The third kappa shape index (κ3) is 4.72. The van der Waals surface area contributed by atoms with Crippen molar-refractivity contribution < 1.29 is 9.26 Å². The van der Waals surface area contributed by atoms with Gasteiger partial charge in [0, 0.05) is 22.7 Å².